The maximum absolute atomic E-state index is 12.7. The Hall–Kier alpha value is -1.05. The topological polar surface area (TPSA) is 37.3 Å². The van der Waals surface area contributed by atoms with Gasteiger partial charge in [0.25, 0.3) is 5.60 Å². The average molecular weight is 386 g/mol. The number of rotatable bonds is 5. The highest BCUT2D eigenvalue weighted by Crippen LogP contribution is 2.54. The van der Waals surface area contributed by atoms with Gasteiger partial charge in [-0.1, -0.05) is 25.5 Å². The minimum atomic E-state index is -5.77. The van der Waals surface area contributed by atoms with Gasteiger partial charge in [0, 0.05) is 12.3 Å². The Balaban J connectivity index is 2.03. The molecule has 1 saturated carbocycles. The third-order valence-electron chi connectivity index (χ3n) is 6.15. The molecular weight excluding hydrogens is 362 g/mol. The molecule has 150 valence electrons. The molecule has 0 aliphatic heterocycles. The molecular formula is C18H24F6O2. The number of ketones is 1. The van der Waals surface area contributed by atoms with Gasteiger partial charge in [-0.3, -0.25) is 4.79 Å². The Morgan fingerprint density at radius 3 is 2.35 bits per heavy atom. The third kappa shape index (κ3) is 3.53. The van der Waals surface area contributed by atoms with E-state index >= 15 is 0 Å². The highest BCUT2D eigenvalue weighted by molar-refractivity contribution is 5.84. The van der Waals surface area contributed by atoms with Crippen LogP contribution < -0.4 is 0 Å². The molecule has 0 radical (unpaired) electrons. The van der Waals surface area contributed by atoms with Crippen molar-refractivity contribution in [3.8, 4) is 0 Å². The van der Waals surface area contributed by atoms with E-state index in [1.165, 1.54) is 0 Å². The van der Waals surface area contributed by atoms with Crippen molar-refractivity contribution in [1.29, 1.82) is 0 Å². The second kappa shape index (κ2) is 6.84. The summed E-state index contributed by atoms with van der Waals surface area (Å²) in [5, 5.41) is 9.23. The number of Topliss-reactive ketones (excluding diaryl/α,β-unsaturated/α-hetero) is 1. The maximum Gasteiger partial charge on any atom is 0.426 e. The molecule has 1 fully saturated rings. The van der Waals surface area contributed by atoms with Crippen molar-refractivity contribution >= 4 is 5.78 Å². The Bertz CT molecular complexity index is 563. The summed E-state index contributed by atoms with van der Waals surface area (Å²) in [6.07, 6.45) is -8.69. The number of halogens is 6. The lowest BCUT2D eigenvalue weighted by Gasteiger charge is -2.40. The van der Waals surface area contributed by atoms with Crippen LogP contribution in [-0.4, -0.2) is 28.8 Å². The summed E-state index contributed by atoms with van der Waals surface area (Å²) in [4.78, 5) is 12.1. The van der Waals surface area contributed by atoms with E-state index in [1.54, 1.807) is 6.92 Å². The van der Waals surface area contributed by atoms with E-state index in [2.05, 4.69) is 0 Å². The van der Waals surface area contributed by atoms with Crippen LogP contribution in [0.2, 0.25) is 0 Å². The number of carbonyl (C=O) groups is 1. The number of hydrogen-bond donors (Lipinski definition) is 1. The zero-order chi connectivity index (χ0) is 20.0. The highest BCUT2D eigenvalue weighted by atomic mass is 19.4. The summed E-state index contributed by atoms with van der Waals surface area (Å²) in [5.74, 6) is -0.182. The summed E-state index contributed by atoms with van der Waals surface area (Å²) >= 11 is 0. The first-order valence-corrected chi connectivity index (χ1v) is 8.83. The molecule has 26 heavy (non-hydrogen) atoms. The average Bonchev–Trinajstić information content (AvgIpc) is 2.83. The number of hydrogen-bond acceptors (Lipinski definition) is 2. The van der Waals surface area contributed by atoms with E-state index in [0.29, 0.717) is 12.8 Å². The fourth-order valence-corrected chi connectivity index (χ4v) is 4.58. The summed E-state index contributed by atoms with van der Waals surface area (Å²) < 4.78 is 76.4. The maximum atomic E-state index is 12.7. The Kier molecular flexibility index (Phi) is 5.59. The van der Waals surface area contributed by atoms with Crippen LogP contribution in [0.1, 0.15) is 58.8 Å². The van der Waals surface area contributed by atoms with Gasteiger partial charge in [-0.2, -0.15) is 26.3 Å². The Labute approximate surface area is 148 Å². The Morgan fingerprint density at radius 1 is 1.23 bits per heavy atom. The molecule has 0 saturated heterocycles. The van der Waals surface area contributed by atoms with Gasteiger partial charge in [0.15, 0.2) is 0 Å². The first-order chi connectivity index (χ1) is 11.7. The number of carbonyl (C=O) groups excluding carboxylic acids is 1. The van der Waals surface area contributed by atoms with E-state index < -0.39 is 30.8 Å². The largest absolute Gasteiger partial charge is 0.426 e. The van der Waals surface area contributed by atoms with E-state index in [4.69, 9.17) is 0 Å². The van der Waals surface area contributed by atoms with Crippen molar-refractivity contribution in [1.82, 2.24) is 0 Å². The molecule has 0 aromatic carbocycles. The van der Waals surface area contributed by atoms with E-state index in [-0.39, 0.29) is 29.5 Å². The lowest BCUT2D eigenvalue weighted by molar-refractivity contribution is -0.370. The van der Waals surface area contributed by atoms with Crippen molar-refractivity contribution in [3.63, 3.8) is 0 Å². The summed E-state index contributed by atoms with van der Waals surface area (Å²) in [7, 11) is 0. The van der Waals surface area contributed by atoms with Crippen molar-refractivity contribution in [2.45, 2.75) is 76.7 Å². The number of fused-ring (bicyclic) bond motifs is 1. The van der Waals surface area contributed by atoms with E-state index in [9.17, 15) is 36.2 Å². The van der Waals surface area contributed by atoms with Crippen molar-refractivity contribution < 1.29 is 36.2 Å². The summed E-state index contributed by atoms with van der Waals surface area (Å²) in [6.45, 7) is 3.73. The summed E-state index contributed by atoms with van der Waals surface area (Å²) in [5.41, 5.74) is -4.08. The molecule has 1 unspecified atom stereocenters. The molecule has 8 heteroatoms. The van der Waals surface area contributed by atoms with Gasteiger partial charge in [0.05, 0.1) is 0 Å². The van der Waals surface area contributed by atoms with Crippen LogP contribution in [0.15, 0.2) is 11.6 Å². The first-order valence-electron chi connectivity index (χ1n) is 8.83. The minimum Gasteiger partial charge on any atom is -0.374 e. The quantitative estimate of drug-likeness (QED) is 0.511. The zero-order valence-corrected chi connectivity index (χ0v) is 14.8. The predicted octanol–water partition coefficient (Wildman–Crippen LogP) is 5.35. The molecule has 2 aliphatic carbocycles. The lowest BCUT2D eigenvalue weighted by Crippen LogP contribution is -2.56. The fourth-order valence-electron chi connectivity index (χ4n) is 4.58. The number of aliphatic hydroxyl groups is 1. The van der Waals surface area contributed by atoms with Gasteiger partial charge in [-0.05, 0) is 49.9 Å². The number of alkyl halides is 6. The second-order valence-electron chi connectivity index (χ2n) is 7.83. The molecule has 3 atom stereocenters. The molecule has 2 rings (SSSR count). The molecule has 0 heterocycles. The van der Waals surface area contributed by atoms with Crippen LogP contribution in [-0.2, 0) is 4.79 Å². The van der Waals surface area contributed by atoms with E-state index in [1.807, 2.05) is 13.0 Å². The van der Waals surface area contributed by atoms with Crippen LogP contribution in [0.5, 0.6) is 0 Å². The molecule has 2 aliphatic rings. The molecule has 0 amide bonds. The standard InChI is InChI=1S/C18H24F6O2/c1-11(5-3-10-16(26,17(19,20)21)18(22,23)24)12-7-8-13-14(25)6-4-9-15(12,13)2/h7,11,13,26H,3-6,8-10H2,1-2H3/t11-,13?,15-/m1/s1. The smallest absolute Gasteiger partial charge is 0.374 e. The zero-order valence-electron chi connectivity index (χ0n) is 14.8. The first kappa shape index (κ1) is 21.3. The molecule has 0 spiro atoms. The van der Waals surface area contributed by atoms with Crippen molar-refractivity contribution in [3.05, 3.63) is 11.6 Å². The molecule has 1 N–H and O–H groups in total. The van der Waals surface area contributed by atoms with Crippen LogP contribution in [0, 0.1) is 17.3 Å². The molecule has 2 nitrogen and oxygen atoms in total. The highest BCUT2D eigenvalue weighted by Gasteiger charge is 2.69. The van der Waals surface area contributed by atoms with Crippen LogP contribution in [0.4, 0.5) is 26.3 Å². The van der Waals surface area contributed by atoms with Gasteiger partial charge in [0.2, 0.25) is 0 Å². The van der Waals surface area contributed by atoms with Gasteiger partial charge in [-0.25, -0.2) is 0 Å². The molecule has 0 bridgehead atoms. The van der Waals surface area contributed by atoms with Crippen LogP contribution in [0.25, 0.3) is 0 Å². The SMILES string of the molecule is C[C@H](CCCC(O)(C(F)(F)F)C(F)(F)F)C1=CCC2C(=O)CCC[C@]12C. The van der Waals surface area contributed by atoms with E-state index in [0.717, 1.165) is 18.4 Å². The summed E-state index contributed by atoms with van der Waals surface area (Å²) in [6, 6.07) is 0. The van der Waals surface area contributed by atoms with Gasteiger partial charge in [-0.15, -0.1) is 0 Å². The Morgan fingerprint density at radius 2 is 1.81 bits per heavy atom. The predicted molar refractivity (Wildman–Crippen MR) is 83.2 cm³/mol. The monoisotopic (exact) mass is 386 g/mol. The number of allylic oxidation sites excluding steroid dienone is 2. The van der Waals surface area contributed by atoms with Crippen molar-refractivity contribution in [2.75, 3.05) is 0 Å². The van der Waals surface area contributed by atoms with Gasteiger partial charge in [0.1, 0.15) is 5.78 Å². The normalized spacial score (nSPS) is 28.7. The van der Waals surface area contributed by atoms with Gasteiger partial charge >= 0.3 is 12.4 Å². The third-order valence-corrected chi connectivity index (χ3v) is 6.15. The van der Waals surface area contributed by atoms with Crippen LogP contribution >= 0.6 is 0 Å². The second-order valence-corrected chi connectivity index (χ2v) is 7.83. The molecule has 0 aromatic heterocycles. The van der Waals surface area contributed by atoms with Crippen LogP contribution in [0.3, 0.4) is 0 Å². The van der Waals surface area contributed by atoms with Gasteiger partial charge < -0.3 is 5.11 Å². The fraction of sp³-hybridized carbons (Fsp3) is 0.833. The van der Waals surface area contributed by atoms with Crippen molar-refractivity contribution in [2.24, 2.45) is 17.3 Å². The molecule has 0 aromatic rings. The minimum absolute atomic E-state index is 0.0941. The lowest BCUT2D eigenvalue weighted by atomic mass is 9.63.